The lowest BCUT2D eigenvalue weighted by atomic mass is 10.00. The van der Waals surface area contributed by atoms with E-state index in [0.29, 0.717) is 42.4 Å². The molecule has 0 unspecified atom stereocenters. The number of halogens is 1. The van der Waals surface area contributed by atoms with Crippen LogP contribution in [0.4, 0.5) is 5.69 Å². The van der Waals surface area contributed by atoms with Crippen molar-refractivity contribution in [1.29, 1.82) is 0 Å². The number of carbonyl (C=O) groups is 2. The van der Waals surface area contributed by atoms with Gasteiger partial charge >= 0.3 is 0 Å². The topological polar surface area (TPSA) is 58.6 Å². The van der Waals surface area contributed by atoms with Gasteiger partial charge in [-0.1, -0.05) is 66.2 Å². The number of piperidine rings is 1. The summed E-state index contributed by atoms with van der Waals surface area (Å²) in [5, 5.41) is 3.55. The summed E-state index contributed by atoms with van der Waals surface area (Å²) in [5.74, 6) is 0.395. The van der Waals surface area contributed by atoms with Crippen molar-refractivity contribution in [3.8, 4) is 16.9 Å². The molecular formula is C28H27ClN2O3. The van der Waals surface area contributed by atoms with Crippen LogP contribution < -0.4 is 10.1 Å². The predicted octanol–water partition coefficient (Wildman–Crippen LogP) is 5.80. The van der Waals surface area contributed by atoms with Gasteiger partial charge in [-0.25, -0.2) is 0 Å². The summed E-state index contributed by atoms with van der Waals surface area (Å²) in [4.78, 5) is 28.2. The molecule has 3 aromatic carbocycles. The van der Waals surface area contributed by atoms with Crippen LogP contribution in [0.25, 0.3) is 11.1 Å². The van der Waals surface area contributed by atoms with Gasteiger partial charge in [-0.15, -0.1) is 0 Å². The Labute approximate surface area is 204 Å². The Morgan fingerprint density at radius 1 is 0.853 bits per heavy atom. The van der Waals surface area contributed by atoms with Crippen molar-refractivity contribution in [3.05, 3.63) is 83.9 Å². The van der Waals surface area contributed by atoms with Crippen LogP contribution in [0.15, 0.2) is 78.9 Å². The van der Waals surface area contributed by atoms with Crippen LogP contribution in [0.2, 0.25) is 5.02 Å². The van der Waals surface area contributed by atoms with E-state index in [-0.39, 0.29) is 17.9 Å². The largest absolute Gasteiger partial charge is 0.489 e. The lowest BCUT2D eigenvalue weighted by Crippen LogP contribution is -2.48. The highest BCUT2D eigenvalue weighted by atomic mass is 35.5. The Morgan fingerprint density at radius 2 is 1.47 bits per heavy atom. The van der Waals surface area contributed by atoms with Gasteiger partial charge in [0.2, 0.25) is 11.8 Å². The average molecular weight is 475 g/mol. The molecule has 1 heterocycles. The fraction of sp³-hybridized carbons (Fsp3) is 0.286. The molecule has 6 heteroatoms. The number of ether oxygens (including phenoxy) is 1. The smallest absolute Gasteiger partial charge is 0.240 e. The summed E-state index contributed by atoms with van der Waals surface area (Å²) in [6.45, 7) is 1.16. The number of nitrogens with zero attached hydrogens (tertiary/aromatic N) is 1. The van der Waals surface area contributed by atoms with E-state index in [1.54, 1.807) is 6.07 Å². The molecule has 0 radical (unpaired) electrons. The van der Waals surface area contributed by atoms with Crippen LogP contribution >= 0.6 is 11.6 Å². The van der Waals surface area contributed by atoms with E-state index in [9.17, 15) is 9.59 Å². The van der Waals surface area contributed by atoms with Gasteiger partial charge in [-0.05, 0) is 48.2 Å². The van der Waals surface area contributed by atoms with Crippen LogP contribution in [0.3, 0.4) is 0 Å². The van der Waals surface area contributed by atoms with Gasteiger partial charge in [-0.2, -0.15) is 0 Å². The summed E-state index contributed by atoms with van der Waals surface area (Å²) in [7, 11) is 0. The zero-order chi connectivity index (χ0) is 23.5. The van der Waals surface area contributed by atoms with Crippen molar-refractivity contribution in [2.45, 2.75) is 31.8 Å². The van der Waals surface area contributed by atoms with E-state index in [0.717, 1.165) is 24.0 Å². The molecule has 2 amide bonds. The van der Waals surface area contributed by atoms with Crippen molar-refractivity contribution in [2.75, 3.05) is 18.4 Å². The molecule has 0 spiro atoms. The molecule has 34 heavy (non-hydrogen) atoms. The van der Waals surface area contributed by atoms with Crippen LogP contribution in [-0.4, -0.2) is 35.9 Å². The SMILES string of the molecule is O=C(Nc1ccc(-c2ccccc2)cc1)C1(C(=O)N2CCC(Oc3ccccc3Cl)CC2)CC1. The first-order chi connectivity index (χ1) is 16.5. The number of hydrogen-bond donors (Lipinski definition) is 1. The first-order valence-corrected chi connectivity index (χ1v) is 12.1. The van der Waals surface area contributed by atoms with Gasteiger partial charge in [0.05, 0.1) is 5.02 Å². The predicted molar refractivity (Wildman–Crippen MR) is 134 cm³/mol. The Balaban J connectivity index is 1.17. The van der Waals surface area contributed by atoms with Gasteiger partial charge in [0.1, 0.15) is 17.3 Å². The fourth-order valence-electron chi connectivity index (χ4n) is 4.49. The van der Waals surface area contributed by atoms with Crippen LogP contribution in [-0.2, 0) is 9.59 Å². The number of hydrogen-bond acceptors (Lipinski definition) is 3. The third-order valence-electron chi connectivity index (χ3n) is 6.70. The zero-order valence-corrected chi connectivity index (χ0v) is 19.6. The average Bonchev–Trinajstić information content (AvgIpc) is 3.69. The van der Waals surface area contributed by atoms with E-state index in [1.807, 2.05) is 77.7 Å². The monoisotopic (exact) mass is 474 g/mol. The van der Waals surface area contributed by atoms with Gasteiger partial charge < -0.3 is 15.0 Å². The highest BCUT2D eigenvalue weighted by Crippen LogP contribution is 2.48. The maximum Gasteiger partial charge on any atom is 0.240 e. The first-order valence-electron chi connectivity index (χ1n) is 11.7. The Bertz CT molecular complexity index is 1170. The lowest BCUT2D eigenvalue weighted by Gasteiger charge is -2.34. The fourth-order valence-corrected chi connectivity index (χ4v) is 4.67. The molecule has 0 bridgehead atoms. The quantitative estimate of drug-likeness (QED) is 0.459. The Kier molecular flexibility index (Phi) is 6.29. The first kappa shape index (κ1) is 22.5. The molecule has 3 aromatic rings. The van der Waals surface area contributed by atoms with E-state index in [2.05, 4.69) is 5.32 Å². The molecule has 1 aliphatic heterocycles. The highest BCUT2D eigenvalue weighted by Gasteiger charge is 2.58. The molecule has 174 valence electrons. The minimum absolute atomic E-state index is 0.0102. The molecule has 1 saturated heterocycles. The highest BCUT2D eigenvalue weighted by molar-refractivity contribution is 6.32. The van der Waals surface area contributed by atoms with E-state index >= 15 is 0 Å². The number of nitrogens with one attached hydrogen (secondary N) is 1. The second-order valence-electron chi connectivity index (χ2n) is 9.02. The molecule has 5 nitrogen and oxygen atoms in total. The summed E-state index contributed by atoms with van der Waals surface area (Å²) in [5.41, 5.74) is 1.97. The molecule has 1 N–H and O–H groups in total. The molecule has 2 aliphatic rings. The molecule has 1 saturated carbocycles. The minimum atomic E-state index is -0.936. The second kappa shape index (κ2) is 9.51. The van der Waals surface area contributed by atoms with Crippen molar-refractivity contribution >= 4 is 29.1 Å². The normalized spacial score (nSPS) is 17.1. The van der Waals surface area contributed by atoms with Crippen molar-refractivity contribution in [1.82, 2.24) is 4.90 Å². The Hall–Kier alpha value is -3.31. The summed E-state index contributed by atoms with van der Waals surface area (Å²) < 4.78 is 6.03. The number of anilines is 1. The number of likely N-dealkylation sites (tertiary alicyclic amines) is 1. The minimum Gasteiger partial charge on any atom is -0.489 e. The summed E-state index contributed by atoms with van der Waals surface area (Å²) >= 11 is 6.20. The molecular weight excluding hydrogens is 448 g/mol. The van der Waals surface area contributed by atoms with Gasteiger partial charge in [-0.3, -0.25) is 9.59 Å². The zero-order valence-electron chi connectivity index (χ0n) is 18.9. The van der Waals surface area contributed by atoms with Gasteiger partial charge in [0, 0.05) is 31.6 Å². The van der Waals surface area contributed by atoms with E-state index in [4.69, 9.17) is 16.3 Å². The lowest BCUT2D eigenvalue weighted by molar-refractivity contribution is -0.143. The summed E-state index contributed by atoms with van der Waals surface area (Å²) in [6, 6.07) is 25.2. The number of amides is 2. The van der Waals surface area contributed by atoms with Gasteiger partial charge in [0.25, 0.3) is 0 Å². The molecule has 5 rings (SSSR count). The molecule has 0 atom stereocenters. The number of rotatable bonds is 6. The molecule has 0 aromatic heterocycles. The van der Waals surface area contributed by atoms with E-state index in [1.165, 1.54) is 0 Å². The van der Waals surface area contributed by atoms with Crippen LogP contribution in [0, 0.1) is 5.41 Å². The molecule has 2 fully saturated rings. The molecule has 1 aliphatic carbocycles. The Morgan fingerprint density at radius 3 is 2.12 bits per heavy atom. The second-order valence-corrected chi connectivity index (χ2v) is 9.43. The third-order valence-corrected chi connectivity index (χ3v) is 7.02. The van der Waals surface area contributed by atoms with Gasteiger partial charge in [0.15, 0.2) is 0 Å². The number of para-hydroxylation sites is 1. The van der Waals surface area contributed by atoms with Crippen LogP contribution in [0.5, 0.6) is 5.75 Å². The maximum absolute atomic E-state index is 13.3. The third kappa shape index (κ3) is 4.66. The maximum atomic E-state index is 13.3. The van der Waals surface area contributed by atoms with Crippen molar-refractivity contribution in [2.24, 2.45) is 5.41 Å². The van der Waals surface area contributed by atoms with Crippen molar-refractivity contribution < 1.29 is 14.3 Å². The summed E-state index contributed by atoms with van der Waals surface area (Å²) in [6.07, 6.45) is 2.63. The number of carbonyl (C=O) groups excluding carboxylic acids is 2. The standard InChI is InChI=1S/C28H27ClN2O3/c29-24-8-4-5-9-25(24)34-23-14-18-31(19-15-23)27(33)28(16-17-28)26(32)30-22-12-10-21(11-13-22)20-6-2-1-3-7-20/h1-13,23H,14-19H2,(H,30,32). The number of benzene rings is 3. The van der Waals surface area contributed by atoms with Crippen molar-refractivity contribution in [3.63, 3.8) is 0 Å². The van der Waals surface area contributed by atoms with E-state index < -0.39 is 5.41 Å². The van der Waals surface area contributed by atoms with Crippen LogP contribution in [0.1, 0.15) is 25.7 Å².